The average Bonchev–Trinajstić information content (AvgIpc) is 3.16. The standard InChI is InChI=1S/C18H28N2O3/c1-16(2,3)23-15(21)20-12-7-8-13(14(11-12)22-6)17(4,5)18(19)9-10-18/h7-8,11H,9-10,19H2,1-6H3,(H,20,21). The molecule has 128 valence electrons. The molecule has 5 heteroatoms. The summed E-state index contributed by atoms with van der Waals surface area (Å²) in [6, 6.07) is 5.64. The molecule has 1 aromatic carbocycles. The van der Waals surface area contributed by atoms with Gasteiger partial charge in [0.25, 0.3) is 0 Å². The van der Waals surface area contributed by atoms with Crippen molar-refractivity contribution < 1.29 is 14.3 Å². The van der Waals surface area contributed by atoms with Crippen molar-refractivity contribution in [3.8, 4) is 5.75 Å². The Hall–Kier alpha value is -1.75. The molecule has 0 spiro atoms. The number of carbonyl (C=O) groups is 1. The highest BCUT2D eigenvalue weighted by Gasteiger charge is 2.52. The fourth-order valence-electron chi connectivity index (χ4n) is 2.73. The third-order valence-electron chi connectivity index (χ3n) is 4.55. The SMILES string of the molecule is COc1cc(NC(=O)OC(C)(C)C)ccc1C(C)(C)C1(N)CC1. The maximum atomic E-state index is 11.9. The van der Waals surface area contributed by atoms with Crippen LogP contribution in [0.1, 0.15) is 53.0 Å². The molecule has 3 N–H and O–H groups in total. The molecule has 23 heavy (non-hydrogen) atoms. The number of rotatable bonds is 4. The van der Waals surface area contributed by atoms with Crippen molar-refractivity contribution in [1.29, 1.82) is 0 Å². The summed E-state index contributed by atoms with van der Waals surface area (Å²) in [6.45, 7) is 9.76. The number of hydrogen-bond donors (Lipinski definition) is 2. The lowest BCUT2D eigenvalue weighted by atomic mass is 9.75. The molecule has 0 atom stereocenters. The Morgan fingerprint density at radius 2 is 1.83 bits per heavy atom. The number of nitrogens with two attached hydrogens (primary N) is 1. The van der Waals surface area contributed by atoms with E-state index >= 15 is 0 Å². The topological polar surface area (TPSA) is 73.6 Å². The first-order chi connectivity index (χ1) is 10.5. The van der Waals surface area contributed by atoms with Gasteiger partial charge < -0.3 is 15.2 Å². The molecule has 0 aliphatic heterocycles. The molecule has 1 amide bonds. The van der Waals surface area contributed by atoms with Crippen molar-refractivity contribution in [2.75, 3.05) is 12.4 Å². The van der Waals surface area contributed by atoms with E-state index in [0.29, 0.717) is 5.69 Å². The van der Waals surface area contributed by atoms with Crippen LogP contribution in [0.2, 0.25) is 0 Å². The van der Waals surface area contributed by atoms with E-state index in [1.807, 2.05) is 39.0 Å². The van der Waals surface area contributed by atoms with Gasteiger partial charge in [-0.05, 0) is 39.7 Å². The Morgan fingerprint density at radius 3 is 2.30 bits per heavy atom. The van der Waals surface area contributed by atoms with E-state index in [-0.39, 0.29) is 11.0 Å². The van der Waals surface area contributed by atoms with Gasteiger partial charge in [-0.15, -0.1) is 0 Å². The highest BCUT2D eigenvalue weighted by molar-refractivity contribution is 5.85. The minimum Gasteiger partial charge on any atom is -0.496 e. The number of hydrogen-bond acceptors (Lipinski definition) is 4. The average molecular weight is 320 g/mol. The lowest BCUT2D eigenvalue weighted by Gasteiger charge is -2.34. The smallest absolute Gasteiger partial charge is 0.412 e. The lowest BCUT2D eigenvalue weighted by molar-refractivity contribution is 0.0636. The Bertz CT molecular complexity index is 599. The molecule has 0 heterocycles. The number of carbonyl (C=O) groups excluding carboxylic acids is 1. The largest absolute Gasteiger partial charge is 0.496 e. The monoisotopic (exact) mass is 320 g/mol. The van der Waals surface area contributed by atoms with E-state index in [0.717, 1.165) is 24.2 Å². The summed E-state index contributed by atoms with van der Waals surface area (Å²) in [6.07, 6.45) is 1.55. The van der Waals surface area contributed by atoms with Crippen LogP contribution in [-0.4, -0.2) is 24.3 Å². The van der Waals surface area contributed by atoms with Gasteiger partial charge in [0.15, 0.2) is 0 Å². The molecule has 2 rings (SSSR count). The molecule has 5 nitrogen and oxygen atoms in total. The molecule has 0 bridgehead atoms. The van der Waals surface area contributed by atoms with E-state index in [1.54, 1.807) is 7.11 Å². The van der Waals surface area contributed by atoms with Crippen molar-refractivity contribution in [1.82, 2.24) is 0 Å². The van der Waals surface area contributed by atoms with Crippen molar-refractivity contribution in [2.24, 2.45) is 5.73 Å². The van der Waals surface area contributed by atoms with Crippen LogP contribution in [0.4, 0.5) is 10.5 Å². The van der Waals surface area contributed by atoms with Crippen LogP contribution in [0, 0.1) is 0 Å². The Kier molecular flexibility index (Phi) is 4.37. The minimum absolute atomic E-state index is 0.180. The zero-order chi connectivity index (χ0) is 17.5. The Labute approximate surface area is 138 Å². The maximum Gasteiger partial charge on any atom is 0.412 e. The predicted octanol–water partition coefficient (Wildman–Crippen LogP) is 3.81. The van der Waals surface area contributed by atoms with Crippen LogP contribution in [0.15, 0.2) is 18.2 Å². The number of anilines is 1. The molecule has 1 aliphatic carbocycles. The summed E-state index contributed by atoms with van der Waals surface area (Å²) in [7, 11) is 1.63. The van der Waals surface area contributed by atoms with Crippen LogP contribution in [0.3, 0.4) is 0 Å². The van der Waals surface area contributed by atoms with E-state index in [9.17, 15) is 4.79 Å². The summed E-state index contributed by atoms with van der Waals surface area (Å²) >= 11 is 0. The van der Waals surface area contributed by atoms with Gasteiger partial charge in [0, 0.05) is 28.3 Å². The van der Waals surface area contributed by atoms with Gasteiger partial charge in [0.05, 0.1) is 7.11 Å². The molecule has 0 unspecified atom stereocenters. The van der Waals surface area contributed by atoms with Gasteiger partial charge in [-0.1, -0.05) is 19.9 Å². The second-order valence-electron chi connectivity index (χ2n) is 7.82. The quantitative estimate of drug-likeness (QED) is 0.884. The van der Waals surface area contributed by atoms with Gasteiger partial charge >= 0.3 is 6.09 Å². The normalized spacial score (nSPS) is 16.7. The number of nitrogens with one attached hydrogen (secondary N) is 1. The molecule has 0 saturated heterocycles. The number of benzene rings is 1. The Morgan fingerprint density at radius 1 is 1.22 bits per heavy atom. The summed E-state index contributed by atoms with van der Waals surface area (Å²) in [4.78, 5) is 11.9. The van der Waals surface area contributed by atoms with Crippen molar-refractivity contribution >= 4 is 11.8 Å². The maximum absolute atomic E-state index is 11.9. The summed E-state index contributed by atoms with van der Waals surface area (Å²) in [5, 5.41) is 2.73. The molecule has 1 saturated carbocycles. The first-order valence-corrected chi connectivity index (χ1v) is 7.96. The van der Waals surface area contributed by atoms with Gasteiger partial charge in [-0.2, -0.15) is 0 Å². The van der Waals surface area contributed by atoms with Gasteiger partial charge in [0.1, 0.15) is 11.4 Å². The minimum atomic E-state index is -0.534. The van der Waals surface area contributed by atoms with E-state index in [2.05, 4.69) is 19.2 Å². The van der Waals surface area contributed by atoms with Crippen LogP contribution in [0.25, 0.3) is 0 Å². The molecule has 0 radical (unpaired) electrons. The van der Waals surface area contributed by atoms with Crippen molar-refractivity contribution in [3.05, 3.63) is 23.8 Å². The lowest BCUT2D eigenvalue weighted by Crippen LogP contribution is -2.43. The summed E-state index contributed by atoms with van der Waals surface area (Å²) in [5.41, 5.74) is 7.20. The number of methoxy groups -OCH3 is 1. The molecule has 1 aromatic rings. The third-order valence-corrected chi connectivity index (χ3v) is 4.55. The van der Waals surface area contributed by atoms with Crippen molar-refractivity contribution in [3.63, 3.8) is 0 Å². The third kappa shape index (κ3) is 3.78. The highest BCUT2D eigenvalue weighted by Crippen LogP contribution is 2.51. The zero-order valence-corrected chi connectivity index (χ0v) is 14.9. The highest BCUT2D eigenvalue weighted by atomic mass is 16.6. The van der Waals surface area contributed by atoms with Crippen LogP contribution >= 0.6 is 0 Å². The Balaban J connectivity index is 2.22. The van der Waals surface area contributed by atoms with Crippen LogP contribution in [0.5, 0.6) is 5.75 Å². The van der Waals surface area contributed by atoms with Gasteiger partial charge in [0.2, 0.25) is 0 Å². The first-order valence-electron chi connectivity index (χ1n) is 7.96. The molecule has 1 aliphatic rings. The van der Waals surface area contributed by atoms with E-state index < -0.39 is 11.7 Å². The number of ether oxygens (including phenoxy) is 2. The fourth-order valence-corrected chi connectivity index (χ4v) is 2.73. The second-order valence-corrected chi connectivity index (χ2v) is 7.82. The molecular weight excluding hydrogens is 292 g/mol. The van der Waals surface area contributed by atoms with Gasteiger partial charge in [-0.3, -0.25) is 5.32 Å². The van der Waals surface area contributed by atoms with E-state index in [4.69, 9.17) is 15.2 Å². The molecule has 0 aromatic heterocycles. The van der Waals surface area contributed by atoms with Crippen LogP contribution in [-0.2, 0) is 10.2 Å². The van der Waals surface area contributed by atoms with Gasteiger partial charge in [-0.25, -0.2) is 4.79 Å². The van der Waals surface area contributed by atoms with Crippen molar-refractivity contribution in [2.45, 2.75) is 64.0 Å². The summed E-state index contributed by atoms with van der Waals surface area (Å²) < 4.78 is 10.8. The fraction of sp³-hybridized carbons (Fsp3) is 0.611. The zero-order valence-electron chi connectivity index (χ0n) is 14.9. The molecule has 1 fully saturated rings. The second kappa shape index (κ2) is 5.71. The first kappa shape index (κ1) is 17.6. The summed E-state index contributed by atoms with van der Waals surface area (Å²) in [5.74, 6) is 0.722. The number of amides is 1. The predicted molar refractivity (Wildman–Crippen MR) is 92.0 cm³/mol. The van der Waals surface area contributed by atoms with Crippen LogP contribution < -0.4 is 15.8 Å². The molecular formula is C18H28N2O3. The van der Waals surface area contributed by atoms with E-state index in [1.165, 1.54) is 0 Å².